The van der Waals surface area contributed by atoms with E-state index >= 15 is 0 Å². The van der Waals surface area contributed by atoms with Crippen LogP contribution >= 0.6 is 23.2 Å². The third-order valence-electron chi connectivity index (χ3n) is 9.50. The molecule has 2 aliphatic heterocycles. The van der Waals surface area contributed by atoms with Gasteiger partial charge in [0.15, 0.2) is 23.9 Å². The highest BCUT2D eigenvalue weighted by molar-refractivity contribution is 6.37. The number of fused-ring (bicyclic) bond motifs is 1. The molecule has 2 aliphatic rings. The number of hydrogen-bond donors (Lipinski definition) is 1. The van der Waals surface area contributed by atoms with E-state index in [2.05, 4.69) is 9.64 Å². The summed E-state index contributed by atoms with van der Waals surface area (Å²) < 4.78 is 79.0. The quantitative estimate of drug-likeness (QED) is 0.104. The molecule has 0 bridgehead atoms. The first kappa shape index (κ1) is 42.5. The number of para-hydroxylation sites is 1. The molecule has 3 aromatic carbocycles. The van der Waals surface area contributed by atoms with Gasteiger partial charge >= 0.3 is 18.1 Å². The Labute approximate surface area is 337 Å². The summed E-state index contributed by atoms with van der Waals surface area (Å²) in [5, 5.41) is 1.70. The number of rotatable bonds is 17. The molecule has 57 heavy (non-hydrogen) atoms. The van der Waals surface area contributed by atoms with Crippen molar-refractivity contribution in [3.63, 3.8) is 0 Å². The number of oxazole rings is 1. The molecule has 0 aliphatic carbocycles. The lowest BCUT2D eigenvalue weighted by atomic mass is 10.1. The Hall–Kier alpha value is -4.12. The van der Waals surface area contributed by atoms with Gasteiger partial charge in [0.1, 0.15) is 18.2 Å². The van der Waals surface area contributed by atoms with Crippen molar-refractivity contribution in [1.29, 1.82) is 0 Å². The zero-order valence-corrected chi connectivity index (χ0v) is 32.8. The lowest BCUT2D eigenvalue weighted by Crippen LogP contribution is -2.48. The Kier molecular flexibility index (Phi) is 14.9. The predicted molar refractivity (Wildman–Crippen MR) is 205 cm³/mol. The molecule has 2 saturated heterocycles. The van der Waals surface area contributed by atoms with Gasteiger partial charge in [-0.25, -0.2) is 9.78 Å². The summed E-state index contributed by atoms with van der Waals surface area (Å²) >= 11 is 13.0. The van der Waals surface area contributed by atoms with Gasteiger partial charge in [0.2, 0.25) is 5.89 Å². The SMILES string of the molecule is COC(=O)[C@H](Cc1cc(Cl)c(OCc2cccc3nc(-c4ccc(N(CCOC5CCCCO5)CCOC5CCCCO5)cc4)oc23)c(Cl)c1)NC(=O)C(F)(F)F. The van der Waals surface area contributed by atoms with E-state index in [0.717, 1.165) is 70.1 Å². The Morgan fingerprint density at radius 1 is 0.930 bits per heavy atom. The van der Waals surface area contributed by atoms with E-state index in [0.29, 0.717) is 48.9 Å². The number of hydrogen-bond acceptors (Lipinski definition) is 11. The lowest BCUT2D eigenvalue weighted by Gasteiger charge is -2.29. The third kappa shape index (κ3) is 11.7. The summed E-state index contributed by atoms with van der Waals surface area (Å²) in [7, 11) is 0.993. The Morgan fingerprint density at radius 2 is 1.56 bits per heavy atom. The first-order valence-corrected chi connectivity index (χ1v) is 19.5. The Balaban J connectivity index is 1.11. The lowest BCUT2D eigenvalue weighted by molar-refractivity contribution is -0.175. The van der Waals surface area contributed by atoms with Gasteiger partial charge in [0, 0.05) is 49.5 Å². The van der Waals surface area contributed by atoms with Crippen molar-refractivity contribution in [2.45, 2.75) is 76.4 Å². The van der Waals surface area contributed by atoms with Crippen LogP contribution in [-0.2, 0) is 46.3 Å². The zero-order chi connectivity index (χ0) is 40.4. The average molecular weight is 839 g/mol. The Bertz CT molecular complexity index is 1910. The molecule has 1 aromatic heterocycles. The molecule has 2 fully saturated rings. The minimum Gasteiger partial charge on any atom is -0.486 e. The first-order chi connectivity index (χ1) is 27.5. The van der Waals surface area contributed by atoms with E-state index in [9.17, 15) is 22.8 Å². The van der Waals surface area contributed by atoms with Crippen LogP contribution in [0, 0.1) is 0 Å². The molecule has 0 saturated carbocycles. The Morgan fingerprint density at radius 3 is 2.12 bits per heavy atom. The summed E-state index contributed by atoms with van der Waals surface area (Å²) in [6, 6.07) is 14.5. The van der Waals surface area contributed by atoms with Gasteiger partial charge in [0.05, 0.1) is 30.4 Å². The van der Waals surface area contributed by atoms with E-state index in [1.54, 1.807) is 11.4 Å². The number of nitrogens with zero attached hydrogens (tertiary/aromatic N) is 2. The number of carbonyl (C=O) groups is 2. The molecule has 6 rings (SSSR count). The van der Waals surface area contributed by atoms with Gasteiger partial charge in [-0.2, -0.15) is 13.2 Å². The van der Waals surface area contributed by atoms with E-state index in [1.807, 2.05) is 36.4 Å². The topological polar surface area (TPSA) is 131 Å². The fraction of sp³-hybridized carbons (Fsp3) is 0.475. The molecule has 17 heteroatoms. The highest BCUT2D eigenvalue weighted by atomic mass is 35.5. The zero-order valence-electron chi connectivity index (χ0n) is 31.3. The molecule has 308 valence electrons. The average Bonchev–Trinajstić information content (AvgIpc) is 3.65. The van der Waals surface area contributed by atoms with E-state index in [1.165, 1.54) is 12.1 Å². The normalized spacial score (nSPS) is 17.9. The van der Waals surface area contributed by atoms with Crippen molar-refractivity contribution >= 4 is 51.9 Å². The van der Waals surface area contributed by atoms with E-state index < -0.39 is 24.1 Å². The number of esters is 1. The van der Waals surface area contributed by atoms with Gasteiger partial charge in [0.25, 0.3) is 0 Å². The van der Waals surface area contributed by atoms with Gasteiger partial charge in [-0.15, -0.1) is 0 Å². The molecule has 2 unspecified atom stereocenters. The minimum absolute atomic E-state index is 0.0208. The maximum atomic E-state index is 12.9. The van der Waals surface area contributed by atoms with Crippen molar-refractivity contribution in [3.8, 4) is 17.2 Å². The fourth-order valence-electron chi connectivity index (χ4n) is 6.53. The number of halogens is 5. The highest BCUT2D eigenvalue weighted by Crippen LogP contribution is 2.36. The largest absolute Gasteiger partial charge is 0.486 e. The second kappa shape index (κ2) is 20.0. The molecule has 1 amide bonds. The van der Waals surface area contributed by atoms with Crippen LogP contribution in [0.3, 0.4) is 0 Å². The highest BCUT2D eigenvalue weighted by Gasteiger charge is 2.41. The van der Waals surface area contributed by atoms with Crippen LogP contribution in [0.2, 0.25) is 10.0 Å². The monoisotopic (exact) mass is 837 g/mol. The number of benzene rings is 3. The van der Waals surface area contributed by atoms with Crippen LogP contribution in [0.1, 0.15) is 49.7 Å². The van der Waals surface area contributed by atoms with Crippen LogP contribution in [-0.4, -0.2) is 88.3 Å². The van der Waals surface area contributed by atoms with Gasteiger partial charge in [-0.05, 0) is 86.6 Å². The minimum atomic E-state index is -5.20. The third-order valence-corrected chi connectivity index (χ3v) is 10.1. The van der Waals surface area contributed by atoms with Gasteiger partial charge < -0.3 is 43.1 Å². The van der Waals surface area contributed by atoms with Crippen LogP contribution < -0.4 is 15.0 Å². The van der Waals surface area contributed by atoms with E-state index in [-0.39, 0.29) is 47.0 Å². The standard InChI is InChI=1S/C40H44Cl2F3N3O9/c1-51-38(49)32(47-39(50)40(43,44)45)23-25-21-29(41)36(30(42)22-25)56-24-27-7-6-8-31-35(27)57-37(46-31)26-11-13-28(14-12-26)48(15-19-54-33-9-2-4-17-52-33)16-20-55-34-10-3-5-18-53-34/h6-8,11-14,21-22,32-34H,2-5,9-10,15-20,23-24H2,1H3,(H,47,50)/t32-,33?,34?/m0/s1. The second-order valence-corrected chi connectivity index (χ2v) is 14.4. The number of anilines is 1. The van der Waals surface area contributed by atoms with E-state index in [4.69, 9.17) is 56.3 Å². The first-order valence-electron chi connectivity index (χ1n) is 18.7. The number of amides is 1. The fourth-order valence-corrected chi connectivity index (χ4v) is 7.17. The molecule has 0 radical (unpaired) electrons. The number of methoxy groups -OCH3 is 1. The summed E-state index contributed by atoms with van der Waals surface area (Å²) in [4.78, 5) is 30.6. The molecule has 3 heterocycles. The molecule has 1 N–H and O–H groups in total. The van der Waals surface area contributed by atoms with Crippen LogP contribution in [0.15, 0.2) is 59.0 Å². The molecule has 0 spiro atoms. The van der Waals surface area contributed by atoms with Gasteiger partial charge in [-0.1, -0.05) is 35.3 Å². The number of alkyl halides is 3. The molecule has 12 nitrogen and oxygen atoms in total. The molecular formula is C40H44Cl2F3N3O9. The smallest absolute Gasteiger partial charge is 0.471 e. The number of aromatic nitrogens is 1. The second-order valence-electron chi connectivity index (χ2n) is 13.6. The number of ether oxygens (including phenoxy) is 6. The summed E-state index contributed by atoms with van der Waals surface area (Å²) in [6.07, 6.45) is 0.177. The number of nitrogens with one attached hydrogen (secondary N) is 1. The van der Waals surface area contributed by atoms with Crippen LogP contribution in [0.4, 0.5) is 18.9 Å². The number of carbonyl (C=O) groups excluding carboxylic acids is 2. The summed E-state index contributed by atoms with van der Waals surface area (Å²) in [5.74, 6) is -2.85. The van der Waals surface area contributed by atoms with Crippen LogP contribution in [0.5, 0.6) is 5.75 Å². The summed E-state index contributed by atoms with van der Waals surface area (Å²) in [6.45, 7) is 3.72. The molecular weight excluding hydrogens is 794 g/mol. The summed E-state index contributed by atoms with van der Waals surface area (Å²) in [5.41, 5.74) is 3.75. The van der Waals surface area contributed by atoms with Crippen molar-refractivity contribution in [1.82, 2.24) is 10.3 Å². The predicted octanol–water partition coefficient (Wildman–Crippen LogP) is 8.04. The van der Waals surface area contributed by atoms with Crippen LogP contribution in [0.25, 0.3) is 22.6 Å². The molecule has 4 aromatic rings. The van der Waals surface area contributed by atoms with Crippen molar-refractivity contribution in [3.05, 3.63) is 75.8 Å². The maximum absolute atomic E-state index is 12.9. The maximum Gasteiger partial charge on any atom is 0.471 e. The van der Waals surface area contributed by atoms with Gasteiger partial charge in [-0.3, -0.25) is 4.79 Å². The van der Waals surface area contributed by atoms with Crippen molar-refractivity contribution in [2.75, 3.05) is 51.5 Å². The van der Waals surface area contributed by atoms with Crippen molar-refractivity contribution < 1.29 is 55.6 Å². The van der Waals surface area contributed by atoms with Crippen molar-refractivity contribution in [2.24, 2.45) is 0 Å². The molecule has 3 atom stereocenters.